The summed E-state index contributed by atoms with van der Waals surface area (Å²) >= 11 is 0. The highest BCUT2D eigenvalue weighted by Gasteiger charge is 2.47. The molecule has 1 N–H and O–H groups in total. The lowest BCUT2D eigenvalue weighted by Gasteiger charge is -2.30. The van der Waals surface area contributed by atoms with Crippen LogP contribution in [0.2, 0.25) is 0 Å². The molecular formula is C31H48N4O6. The van der Waals surface area contributed by atoms with Gasteiger partial charge in [0, 0.05) is 51.1 Å². The molecule has 3 aliphatic heterocycles. The number of carboxylic acids is 1. The van der Waals surface area contributed by atoms with E-state index in [-0.39, 0.29) is 37.1 Å². The van der Waals surface area contributed by atoms with E-state index in [0.29, 0.717) is 43.9 Å². The van der Waals surface area contributed by atoms with E-state index >= 15 is 0 Å². The normalized spacial score (nSPS) is 22.2. The predicted molar refractivity (Wildman–Crippen MR) is 156 cm³/mol. The second-order valence-corrected chi connectivity index (χ2v) is 12.0. The van der Waals surface area contributed by atoms with Crippen LogP contribution in [0, 0.1) is 5.92 Å². The van der Waals surface area contributed by atoms with Crippen molar-refractivity contribution in [3.63, 3.8) is 0 Å². The van der Waals surface area contributed by atoms with Gasteiger partial charge in [-0.3, -0.25) is 19.3 Å². The summed E-state index contributed by atoms with van der Waals surface area (Å²) in [6.45, 7) is 6.81. The molecule has 228 valence electrons. The molecule has 2 fully saturated rings. The topological polar surface area (TPSA) is 103 Å². The van der Waals surface area contributed by atoms with Gasteiger partial charge in [0.1, 0.15) is 0 Å². The molecule has 2 amide bonds. The number of likely N-dealkylation sites (tertiary alicyclic amines) is 2. The third-order valence-corrected chi connectivity index (χ3v) is 8.71. The molecule has 3 aliphatic rings. The van der Waals surface area contributed by atoms with Crippen molar-refractivity contribution >= 4 is 17.8 Å². The number of carboxylic acid groups (broad SMARTS) is 1. The third kappa shape index (κ3) is 8.13. The summed E-state index contributed by atoms with van der Waals surface area (Å²) in [5, 5.41) is 10.5. The highest BCUT2D eigenvalue weighted by molar-refractivity contribution is 5.79. The SMILES string of the molecule is CCCCN(CCCCN(C)C)C(=O)CN1C[C@H](c2ccc3c(c2)OCO3)C(C(=O)O)[C@@H]1CCCN1CCCC1=O. The van der Waals surface area contributed by atoms with Gasteiger partial charge in [0.15, 0.2) is 11.5 Å². The van der Waals surface area contributed by atoms with E-state index in [9.17, 15) is 19.5 Å². The Labute approximate surface area is 244 Å². The number of ether oxygens (including phenoxy) is 2. The third-order valence-electron chi connectivity index (χ3n) is 8.71. The van der Waals surface area contributed by atoms with Gasteiger partial charge in [-0.1, -0.05) is 19.4 Å². The van der Waals surface area contributed by atoms with E-state index < -0.39 is 11.9 Å². The Kier molecular flexibility index (Phi) is 11.3. The number of fused-ring (bicyclic) bond motifs is 1. The Bertz CT molecular complexity index is 1050. The van der Waals surface area contributed by atoms with Gasteiger partial charge in [0.2, 0.25) is 18.6 Å². The number of carbonyl (C=O) groups excluding carboxylic acids is 2. The summed E-state index contributed by atoms with van der Waals surface area (Å²) in [6, 6.07) is 5.37. The first-order valence-corrected chi connectivity index (χ1v) is 15.3. The van der Waals surface area contributed by atoms with Crippen molar-refractivity contribution in [2.45, 2.75) is 70.3 Å². The summed E-state index contributed by atoms with van der Waals surface area (Å²) in [4.78, 5) is 46.8. The molecule has 3 atom stereocenters. The van der Waals surface area contributed by atoms with E-state index in [2.05, 4.69) is 30.8 Å². The Balaban J connectivity index is 1.51. The molecule has 2 saturated heterocycles. The van der Waals surface area contributed by atoms with Gasteiger partial charge in [-0.05, 0) is 76.9 Å². The van der Waals surface area contributed by atoms with Crippen LogP contribution in [0.1, 0.15) is 69.8 Å². The molecule has 0 radical (unpaired) electrons. The molecule has 0 saturated carbocycles. The van der Waals surface area contributed by atoms with Crippen LogP contribution in [-0.4, -0.2) is 115 Å². The van der Waals surface area contributed by atoms with E-state index in [1.807, 2.05) is 28.0 Å². The number of hydrogen-bond acceptors (Lipinski definition) is 7. The number of nitrogens with zero attached hydrogens (tertiary/aromatic N) is 4. The first kappa shape index (κ1) is 31.1. The number of hydrogen-bond donors (Lipinski definition) is 1. The highest BCUT2D eigenvalue weighted by atomic mass is 16.7. The molecule has 1 aromatic rings. The zero-order chi connectivity index (χ0) is 29.4. The molecule has 0 spiro atoms. The van der Waals surface area contributed by atoms with Gasteiger partial charge >= 0.3 is 5.97 Å². The van der Waals surface area contributed by atoms with Gasteiger partial charge < -0.3 is 29.3 Å². The molecule has 0 aliphatic carbocycles. The summed E-state index contributed by atoms with van der Waals surface area (Å²) in [7, 11) is 4.12. The zero-order valence-electron chi connectivity index (χ0n) is 25.1. The van der Waals surface area contributed by atoms with Crippen molar-refractivity contribution in [1.29, 1.82) is 0 Å². The number of benzene rings is 1. The average molecular weight is 573 g/mol. The summed E-state index contributed by atoms with van der Waals surface area (Å²) < 4.78 is 11.1. The molecule has 0 aromatic heterocycles. The number of amides is 2. The van der Waals surface area contributed by atoms with Gasteiger partial charge in [0.05, 0.1) is 12.5 Å². The summed E-state index contributed by atoms with van der Waals surface area (Å²) in [5.41, 5.74) is 0.892. The molecule has 0 bridgehead atoms. The van der Waals surface area contributed by atoms with Crippen molar-refractivity contribution in [2.24, 2.45) is 5.92 Å². The van der Waals surface area contributed by atoms with E-state index in [0.717, 1.165) is 63.8 Å². The standard InChI is InChI=1S/C31H48N4O6/c1-4-5-15-34(16-7-6-14-32(2)3)29(37)21-35-20-24(23-12-13-26-27(19-23)41-22-40-26)30(31(38)39)25(35)10-8-17-33-18-9-11-28(33)36/h12-13,19,24-25,30H,4-11,14-18,20-22H2,1-3H3,(H,38,39)/t24-,25+,30?/m1/s1. The number of rotatable bonds is 16. The maximum Gasteiger partial charge on any atom is 0.308 e. The van der Waals surface area contributed by atoms with Crippen molar-refractivity contribution in [3.8, 4) is 11.5 Å². The van der Waals surface area contributed by atoms with Crippen LogP contribution in [0.25, 0.3) is 0 Å². The lowest BCUT2D eigenvalue weighted by atomic mass is 9.83. The second-order valence-electron chi connectivity index (χ2n) is 12.0. The first-order valence-electron chi connectivity index (χ1n) is 15.3. The Morgan fingerprint density at radius 3 is 2.51 bits per heavy atom. The van der Waals surface area contributed by atoms with Crippen LogP contribution >= 0.6 is 0 Å². The largest absolute Gasteiger partial charge is 0.481 e. The van der Waals surface area contributed by atoms with Crippen molar-refractivity contribution in [1.82, 2.24) is 19.6 Å². The van der Waals surface area contributed by atoms with Gasteiger partial charge in [-0.15, -0.1) is 0 Å². The minimum Gasteiger partial charge on any atom is -0.481 e. The molecule has 4 rings (SSSR count). The maximum absolute atomic E-state index is 13.7. The second kappa shape index (κ2) is 14.9. The monoisotopic (exact) mass is 572 g/mol. The smallest absolute Gasteiger partial charge is 0.308 e. The minimum atomic E-state index is -0.851. The lowest BCUT2D eigenvalue weighted by molar-refractivity contribution is -0.144. The van der Waals surface area contributed by atoms with Gasteiger partial charge in [-0.2, -0.15) is 0 Å². The van der Waals surface area contributed by atoms with Crippen LogP contribution < -0.4 is 9.47 Å². The fraction of sp³-hybridized carbons (Fsp3) is 0.710. The zero-order valence-corrected chi connectivity index (χ0v) is 25.1. The molecule has 1 unspecified atom stereocenters. The molecular weight excluding hydrogens is 524 g/mol. The van der Waals surface area contributed by atoms with Gasteiger partial charge in [-0.25, -0.2) is 0 Å². The molecule has 41 heavy (non-hydrogen) atoms. The van der Waals surface area contributed by atoms with Crippen molar-refractivity contribution in [3.05, 3.63) is 23.8 Å². The predicted octanol–water partition coefficient (Wildman–Crippen LogP) is 3.26. The van der Waals surface area contributed by atoms with E-state index in [1.54, 1.807) is 0 Å². The molecule has 3 heterocycles. The maximum atomic E-state index is 13.7. The number of aliphatic carboxylic acids is 1. The lowest BCUT2D eigenvalue weighted by Crippen LogP contribution is -2.45. The van der Waals surface area contributed by atoms with Crippen LogP contribution in [0.3, 0.4) is 0 Å². The molecule has 10 nitrogen and oxygen atoms in total. The Hall–Kier alpha value is -2.85. The minimum absolute atomic E-state index is 0.0681. The van der Waals surface area contributed by atoms with E-state index in [1.165, 1.54) is 0 Å². The van der Waals surface area contributed by atoms with E-state index in [4.69, 9.17) is 9.47 Å². The summed E-state index contributed by atoms with van der Waals surface area (Å²) in [6.07, 6.45) is 6.73. The molecule has 1 aromatic carbocycles. The van der Waals surface area contributed by atoms with Crippen LogP contribution in [0.5, 0.6) is 11.5 Å². The van der Waals surface area contributed by atoms with Crippen molar-refractivity contribution < 1.29 is 29.0 Å². The fourth-order valence-electron chi connectivity index (χ4n) is 6.48. The highest BCUT2D eigenvalue weighted by Crippen LogP contribution is 2.43. The van der Waals surface area contributed by atoms with Gasteiger partial charge in [0.25, 0.3) is 0 Å². The number of carbonyl (C=O) groups is 3. The molecule has 10 heteroatoms. The fourth-order valence-corrected chi connectivity index (χ4v) is 6.48. The Morgan fingerprint density at radius 1 is 1.05 bits per heavy atom. The summed E-state index contributed by atoms with van der Waals surface area (Å²) in [5.74, 6) is -0.252. The Morgan fingerprint density at radius 2 is 1.80 bits per heavy atom. The van der Waals surface area contributed by atoms with Crippen LogP contribution in [-0.2, 0) is 14.4 Å². The quantitative estimate of drug-likeness (QED) is 0.301. The average Bonchev–Trinajstić information content (AvgIpc) is 3.66. The van der Waals surface area contributed by atoms with Crippen LogP contribution in [0.15, 0.2) is 18.2 Å². The van der Waals surface area contributed by atoms with Crippen LogP contribution in [0.4, 0.5) is 0 Å². The first-order chi connectivity index (χ1) is 19.8. The number of unbranched alkanes of at least 4 members (excludes halogenated alkanes) is 2. The van der Waals surface area contributed by atoms with Crippen molar-refractivity contribution in [2.75, 3.05) is 66.7 Å².